The van der Waals surface area contributed by atoms with Crippen LogP contribution in [0.25, 0.3) is 0 Å². The molecule has 0 aromatic heterocycles. The molecule has 106 valence electrons. The predicted molar refractivity (Wildman–Crippen MR) is 75.5 cm³/mol. The summed E-state index contributed by atoms with van der Waals surface area (Å²) in [6.45, 7) is 8.61. The second-order valence-corrected chi connectivity index (χ2v) is 4.60. The number of hydrogen-bond acceptors (Lipinski definition) is 3. The molecule has 0 saturated carbocycles. The Labute approximate surface area is 113 Å². The Hall–Kier alpha value is -1.62. The van der Waals surface area contributed by atoms with Crippen LogP contribution >= 0.6 is 0 Å². The van der Waals surface area contributed by atoms with E-state index in [1.807, 2.05) is 6.92 Å². The minimum Gasteiger partial charge on any atom is -0.399 e. The van der Waals surface area contributed by atoms with Crippen molar-refractivity contribution >= 4 is 11.6 Å². The number of halogens is 1. The number of nitrogens with one attached hydrogen (secondary N) is 1. The molecule has 1 unspecified atom stereocenters. The fourth-order valence-electron chi connectivity index (χ4n) is 1.93. The van der Waals surface area contributed by atoms with E-state index in [0.717, 1.165) is 19.6 Å². The van der Waals surface area contributed by atoms with E-state index in [1.54, 1.807) is 0 Å². The highest BCUT2D eigenvalue weighted by Gasteiger charge is 2.15. The summed E-state index contributed by atoms with van der Waals surface area (Å²) in [5.74, 6) is -0.980. The molecule has 0 spiro atoms. The zero-order chi connectivity index (χ0) is 14.4. The number of benzene rings is 1. The van der Waals surface area contributed by atoms with E-state index < -0.39 is 11.7 Å². The summed E-state index contributed by atoms with van der Waals surface area (Å²) in [5, 5.41) is 2.79. The Balaban J connectivity index is 2.66. The predicted octanol–water partition coefficient (Wildman–Crippen LogP) is 1.87. The third-order valence-electron chi connectivity index (χ3n) is 3.04. The first-order valence-corrected chi connectivity index (χ1v) is 6.56. The van der Waals surface area contributed by atoms with Crippen molar-refractivity contribution in [3.8, 4) is 0 Å². The summed E-state index contributed by atoms with van der Waals surface area (Å²) in [5.41, 5.74) is 5.93. The average molecular weight is 267 g/mol. The van der Waals surface area contributed by atoms with E-state index in [2.05, 4.69) is 24.1 Å². The normalized spacial score (nSPS) is 12.5. The molecular weight excluding hydrogens is 245 g/mol. The largest absolute Gasteiger partial charge is 0.399 e. The first kappa shape index (κ1) is 15.4. The first-order chi connectivity index (χ1) is 8.97. The molecule has 1 rings (SSSR count). The van der Waals surface area contributed by atoms with Crippen molar-refractivity contribution in [3.63, 3.8) is 0 Å². The van der Waals surface area contributed by atoms with E-state index >= 15 is 0 Å². The van der Waals surface area contributed by atoms with Gasteiger partial charge >= 0.3 is 0 Å². The number of nitrogen functional groups attached to an aromatic ring is 1. The lowest BCUT2D eigenvalue weighted by atomic mass is 10.1. The number of nitrogens with two attached hydrogens (primary N) is 1. The fraction of sp³-hybridized carbons (Fsp3) is 0.500. The van der Waals surface area contributed by atoms with Gasteiger partial charge in [0.2, 0.25) is 0 Å². The van der Waals surface area contributed by atoms with Gasteiger partial charge in [-0.3, -0.25) is 4.79 Å². The summed E-state index contributed by atoms with van der Waals surface area (Å²) in [4.78, 5) is 14.2. The molecule has 1 atom stereocenters. The molecule has 0 fully saturated rings. The number of hydrogen-bond donors (Lipinski definition) is 2. The molecule has 19 heavy (non-hydrogen) atoms. The molecule has 0 aliphatic carbocycles. The zero-order valence-electron chi connectivity index (χ0n) is 11.7. The zero-order valence-corrected chi connectivity index (χ0v) is 11.7. The fourth-order valence-corrected chi connectivity index (χ4v) is 1.93. The van der Waals surface area contributed by atoms with Crippen LogP contribution in [0.4, 0.5) is 10.1 Å². The van der Waals surface area contributed by atoms with Gasteiger partial charge < -0.3 is 16.0 Å². The van der Waals surface area contributed by atoms with Crippen LogP contribution < -0.4 is 11.1 Å². The monoisotopic (exact) mass is 267 g/mol. The van der Waals surface area contributed by atoms with Gasteiger partial charge in [0.25, 0.3) is 5.91 Å². The van der Waals surface area contributed by atoms with Gasteiger partial charge in [0, 0.05) is 18.3 Å². The van der Waals surface area contributed by atoms with Gasteiger partial charge in [-0.25, -0.2) is 4.39 Å². The molecule has 0 saturated heterocycles. The molecule has 0 radical (unpaired) electrons. The van der Waals surface area contributed by atoms with Crippen molar-refractivity contribution in [2.75, 3.05) is 25.4 Å². The second-order valence-electron chi connectivity index (χ2n) is 4.60. The van der Waals surface area contributed by atoms with Crippen LogP contribution in [0.5, 0.6) is 0 Å². The number of rotatable bonds is 6. The molecule has 0 heterocycles. The molecule has 4 nitrogen and oxygen atoms in total. The van der Waals surface area contributed by atoms with E-state index in [-0.39, 0.29) is 11.6 Å². The van der Waals surface area contributed by atoms with Crippen LogP contribution in [0.15, 0.2) is 18.2 Å². The maximum absolute atomic E-state index is 13.5. The number of carbonyl (C=O) groups is 1. The Morgan fingerprint density at radius 1 is 1.42 bits per heavy atom. The highest BCUT2D eigenvalue weighted by molar-refractivity contribution is 5.95. The smallest absolute Gasteiger partial charge is 0.254 e. The Morgan fingerprint density at radius 3 is 2.63 bits per heavy atom. The highest BCUT2D eigenvalue weighted by atomic mass is 19.1. The van der Waals surface area contributed by atoms with E-state index in [9.17, 15) is 9.18 Å². The average Bonchev–Trinajstić information content (AvgIpc) is 2.38. The third-order valence-corrected chi connectivity index (χ3v) is 3.04. The summed E-state index contributed by atoms with van der Waals surface area (Å²) in [7, 11) is 0. The van der Waals surface area contributed by atoms with Gasteiger partial charge in [0.05, 0.1) is 5.56 Å². The second kappa shape index (κ2) is 7.09. The quantitative estimate of drug-likeness (QED) is 0.774. The number of carbonyl (C=O) groups excluding carboxylic acids is 1. The molecule has 0 aliphatic heterocycles. The lowest BCUT2D eigenvalue weighted by Crippen LogP contribution is -2.42. The maximum Gasteiger partial charge on any atom is 0.254 e. The molecule has 1 aromatic carbocycles. The molecule has 1 aromatic rings. The van der Waals surface area contributed by atoms with Crippen LogP contribution in [0, 0.1) is 5.82 Å². The Morgan fingerprint density at radius 2 is 2.05 bits per heavy atom. The van der Waals surface area contributed by atoms with Gasteiger partial charge in [0.15, 0.2) is 0 Å². The van der Waals surface area contributed by atoms with Gasteiger partial charge in [-0.05, 0) is 38.2 Å². The molecular formula is C14H22FN3O. The lowest BCUT2D eigenvalue weighted by Gasteiger charge is -2.23. The topological polar surface area (TPSA) is 58.4 Å². The van der Waals surface area contributed by atoms with Crippen LogP contribution in [0.2, 0.25) is 0 Å². The van der Waals surface area contributed by atoms with E-state index in [0.29, 0.717) is 5.69 Å². The van der Waals surface area contributed by atoms with Gasteiger partial charge in [0.1, 0.15) is 5.82 Å². The number of likely N-dealkylation sites (N-methyl/N-ethyl adjacent to an activating group) is 1. The third kappa shape index (κ3) is 4.52. The SMILES string of the molecule is CCN(CC)CC(C)NC(=O)c1cc(N)ccc1F. The molecule has 0 aliphatic rings. The summed E-state index contributed by atoms with van der Waals surface area (Å²) >= 11 is 0. The minimum absolute atomic E-state index is 0.00797. The highest BCUT2D eigenvalue weighted by Crippen LogP contribution is 2.12. The lowest BCUT2D eigenvalue weighted by molar-refractivity contribution is 0.0926. The van der Waals surface area contributed by atoms with Crippen molar-refractivity contribution in [2.24, 2.45) is 0 Å². The summed E-state index contributed by atoms with van der Waals surface area (Å²) < 4.78 is 13.5. The van der Waals surface area contributed by atoms with Crippen molar-refractivity contribution in [1.29, 1.82) is 0 Å². The van der Waals surface area contributed by atoms with Gasteiger partial charge in [-0.15, -0.1) is 0 Å². The summed E-state index contributed by atoms with van der Waals surface area (Å²) in [6, 6.07) is 3.95. The molecule has 1 amide bonds. The van der Waals surface area contributed by atoms with Gasteiger partial charge in [-0.2, -0.15) is 0 Å². The van der Waals surface area contributed by atoms with E-state index in [4.69, 9.17) is 5.73 Å². The van der Waals surface area contributed by atoms with Crippen LogP contribution in [0.3, 0.4) is 0 Å². The Kier molecular flexibility index (Phi) is 5.76. The van der Waals surface area contributed by atoms with E-state index in [1.165, 1.54) is 18.2 Å². The van der Waals surface area contributed by atoms with Gasteiger partial charge in [-0.1, -0.05) is 13.8 Å². The van der Waals surface area contributed by atoms with Crippen molar-refractivity contribution in [3.05, 3.63) is 29.6 Å². The minimum atomic E-state index is -0.554. The van der Waals surface area contributed by atoms with Crippen molar-refractivity contribution in [1.82, 2.24) is 10.2 Å². The Bertz CT molecular complexity index is 433. The maximum atomic E-state index is 13.5. The first-order valence-electron chi connectivity index (χ1n) is 6.56. The number of amides is 1. The van der Waals surface area contributed by atoms with Crippen LogP contribution in [-0.2, 0) is 0 Å². The van der Waals surface area contributed by atoms with Crippen LogP contribution in [-0.4, -0.2) is 36.5 Å². The molecule has 5 heteroatoms. The molecule has 0 bridgehead atoms. The number of nitrogens with zero attached hydrogens (tertiary/aromatic N) is 1. The van der Waals surface area contributed by atoms with Crippen LogP contribution in [0.1, 0.15) is 31.1 Å². The van der Waals surface area contributed by atoms with Crippen molar-refractivity contribution in [2.45, 2.75) is 26.8 Å². The molecule has 3 N–H and O–H groups in total. The van der Waals surface area contributed by atoms with Crippen molar-refractivity contribution < 1.29 is 9.18 Å². The standard InChI is InChI=1S/C14H22FN3O/c1-4-18(5-2)9-10(3)17-14(19)12-8-11(16)6-7-13(12)15/h6-8,10H,4-5,9,16H2,1-3H3,(H,17,19). The number of anilines is 1. The summed E-state index contributed by atoms with van der Waals surface area (Å²) in [6.07, 6.45) is 0.